The van der Waals surface area contributed by atoms with E-state index in [2.05, 4.69) is 19.8 Å². The maximum atomic E-state index is 12.0. The largest absolute Gasteiger partial charge is 0.481 e. The van der Waals surface area contributed by atoms with Crippen molar-refractivity contribution < 1.29 is 14.6 Å². The molecule has 1 N–H and O–H groups in total. The Kier molecular flexibility index (Phi) is 4.01. The molecule has 2 fully saturated rings. The fourth-order valence-electron chi connectivity index (χ4n) is 3.73. The molecule has 0 unspecified atom stereocenters. The molecule has 3 rings (SSSR count). The van der Waals surface area contributed by atoms with Crippen LogP contribution in [0.2, 0.25) is 0 Å². The van der Waals surface area contributed by atoms with E-state index in [-0.39, 0.29) is 5.92 Å². The number of nitrogens with zero attached hydrogens (tertiary/aromatic N) is 4. The van der Waals surface area contributed by atoms with Gasteiger partial charge in [0, 0.05) is 58.1 Å². The van der Waals surface area contributed by atoms with Crippen molar-refractivity contribution in [2.24, 2.45) is 11.3 Å². The quantitative estimate of drug-likeness (QED) is 0.835. The van der Waals surface area contributed by atoms with E-state index in [1.807, 2.05) is 6.92 Å². The van der Waals surface area contributed by atoms with Crippen molar-refractivity contribution in [1.29, 1.82) is 0 Å². The van der Waals surface area contributed by atoms with E-state index in [0.29, 0.717) is 19.7 Å². The molecular weight excluding hydrogens is 284 g/mol. The molecule has 1 aromatic heterocycles. The number of hydrogen-bond donors (Lipinski definition) is 1. The predicted molar refractivity (Wildman–Crippen MR) is 80.9 cm³/mol. The van der Waals surface area contributed by atoms with Gasteiger partial charge in [-0.25, -0.2) is 4.98 Å². The SMILES string of the molecule is COCCN1C[C@@H]2CN(c3nccnc3C)C[C@]2(C(=O)O)C1. The summed E-state index contributed by atoms with van der Waals surface area (Å²) < 4.78 is 5.11. The summed E-state index contributed by atoms with van der Waals surface area (Å²) in [5.41, 5.74) is 0.136. The highest BCUT2D eigenvalue weighted by atomic mass is 16.5. The molecule has 0 aromatic carbocycles. The molecule has 2 atom stereocenters. The monoisotopic (exact) mass is 306 g/mol. The zero-order chi connectivity index (χ0) is 15.7. The lowest BCUT2D eigenvalue weighted by atomic mass is 9.81. The van der Waals surface area contributed by atoms with Gasteiger partial charge in [-0.2, -0.15) is 0 Å². The van der Waals surface area contributed by atoms with Crippen LogP contribution in [0.1, 0.15) is 5.69 Å². The Morgan fingerprint density at radius 3 is 2.82 bits per heavy atom. The van der Waals surface area contributed by atoms with Crippen LogP contribution in [0, 0.1) is 18.3 Å². The molecule has 120 valence electrons. The first-order chi connectivity index (χ1) is 10.6. The number of aryl methyl sites for hydroxylation is 1. The van der Waals surface area contributed by atoms with Gasteiger partial charge in [0.1, 0.15) is 11.2 Å². The van der Waals surface area contributed by atoms with Crippen molar-refractivity contribution >= 4 is 11.8 Å². The molecule has 3 heterocycles. The lowest BCUT2D eigenvalue weighted by Gasteiger charge is -2.26. The average Bonchev–Trinajstić information content (AvgIpc) is 3.00. The van der Waals surface area contributed by atoms with Crippen LogP contribution < -0.4 is 4.90 Å². The van der Waals surface area contributed by atoms with Crippen LogP contribution in [-0.4, -0.2) is 72.4 Å². The van der Waals surface area contributed by atoms with Gasteiger partial charge in [0.15, 0.2) is 0 Å². The standard InChI is InChI=1S/C15H22N4O3/c1-11-13(17-4-3-16-11)19-8-12-7-18(5-6-22-2)9-15(12,10-19)14(20)21/h3-4,12H,5-10H2,1-2H3,(H,20,21)/t12-,15-/m1/s1. The minimum absolute atomic E-state index is 0.114. The number of likely N-dealkylation sites (tertiary alicyclic amines) is 1. The van der Waals surface area contributed by atoms with Crippen LogP contribution in [0.4, 0.5) is 5.82 Å². The number of aromatic nitrogens is 2. The third-order valence-electron chi connectivity index (χ3n) is 4.87. The first-order valence-corrected chi connectivity index (χ1v) is 7.54. The van der Waals surface area contributed by atoms with Gasteiger partial charge in [-0.3, -0.25) is 14.7 Å². The lowest BCUT2D eigenvalue weighted by molar-refractivity contribution is -0.148. The summed E-state index contributed by atoms with van der Waals surface area (Å²) in [6, 6.07) is 0. The Morgan fingerprint density at radius 1 is 1.41 bits per heavy atom. The number of carbonyl (C=O) groups is 1. The summed E-state index contributed by atoms with van der Waals surface area (Å²) in [7, 11) is 1.67. The van der Waals surface area contributed by atoms with E-state index < -0.39 is 11.4 Å². The highest BCUT2D eigenvalue weighted by Gasteiger charge is 2.57. The predicted octanol–water partition coefficient (Wildman–Crippen LogP) is 0.254. The van der Waals surface area contributed by atoms with Crippen LogP contribution in [0.15, 0.2) is 12.4 Å². The van der Waals surface area contributed by atoms with Crippen molar-refractivity contribution in [1.82, 2.24) is 14.9 Å². The number of carboxylic acids is 1. The summed E-state index contributed by atoms with van der Waals surface area (Å²) >= 11 is 0. The van der Waals surface area contributed by atoms with Crippen LogP contribution in [0.5, 0.6) is 0 Å². The number of fused-ring (bicyclic) bond motifs is 1. The number of aliphatic carboxylic acids is 1. The van der Waals surface area contributed by atoms with Crippen molar-refractivity contribution in [3.05, 3.63) is 18.1 Å². The second-order valence-corrected chi connectivity index (χ2v) is 6.23. The maximum absolute atomic E-state index is 12.0. The van der Waals surface area contributed by atoms with Crippen LogP contribution >= 0.6 is 0 Å². The average molecular weight is 306 g/mol. The second-order valence-electron chi connectivity index (χ2n) is 6.23. The summed E-state index contributed by atoms with van der Waals surface area (Å²) in [4.78, 5) is 24.9. The van der Waals surface area contributed by atoms with E-state index in [9.17, 15) is 9.90 Å². The maximum Gasteiger partial charge on any atom is 0.313 e. The van der Waals surface area contributed by atoms with Gasteiger partial charge in [-0.1, -0.05) is 0 Å². The first-order valence-electron chi connectivity index (χ1n) is 7.54. The Bertz CT molecular complexity index is 567. The minimum Gasteiger partial charge on any atom is -0.481 e. The normalized spacial score (nSPS) is 28.1. The smallest absolute Gasteiger partial charge is 0.313 e. The fourth-order valence-corrected chi connectivity index (χ4v) is 3.73. The number of methoxy groups -OCH3 is 1. The summed E-state index contributed by atoms with van der Waals surface area (Å²) in [5.74, 6) is 0.214. The number of hydrogen-bond acceptors (Lipinski definition) is 6. The van der Waals surface area contributed by atoms with Crippen molar-refractivity contribution in [2.45, 2.75) is 6.92 Å². The summed E-state index contributed by atoms with van der Waals surface area (Å²) in [5, 5.41) is 9.83. The lowest BCUT2D eigenvalue weighted by Crippen LogP contribution is -2.41. The van der Waals surface area contributed by atoms with E-state index >= 15 is 0 Å². The van der Waals surface area contributed by atoms with E-state index in [0.717, 1.165) is 31.1 Å². The molecule has 22 heavy (non-hydrogen) atoms. The van der Waals surface area contributed by atoms with Gasteiger partial charge >= 0.3 is 5.97 Å². The van der Waals surface area contributed by atoms with Crippen LogP contribution in [-0.2, 0) is 9.53 Å². The Hall–Kier alpha value is -1.73. The van der Waals surface area contributed by atoms with Gasteiger partial charge in [0.2, 0.25) is 0 Å². The molecule has 0 aliphatic carbocycles. The Balaban J connectivity index is 1.79. The third-order valence-corrected chi connectivity index (χ3v) is 4.87. The summed E-state index contributed by atoms with van der Waals surface area (Å²) in [6.45, 7) is 5.92. The van der Waals surface area contributed by atoms with Crippen molar-refractivity contribution in [2.75, 3.05) is 51.3 Å². The first kappa shape index (κ1) is 15.2. The number of carboxylic acid groups (broad SMARTS) is 1. The van der Waals surface area contributed by atoms with Gasteiger partial charge in [0.25, 0.3) is 0 Å². The molecule has 7 nitrogen and oxygen atoms in total. The molecule has 0 bridgehead atoms. The fraction of sp³-hybridized carbons (Fsp3) is 0.667. The Morgan fingerprint density at radius 2 is 2.18 bits per heavy atom. The molecule has 0 amide bonds. The van der Waals surface area contributed by atoms with Gasteiger partial charge in [-0.05, 0) is 6.92 Å². The van der Waals surface area contributed by atoms with Crippen LogP contribution in [0.3, 0.4) is 0 Å². The Labute approximate surface area is 129 Å². The molecule has 0 saturated carbocycles. The highest BCUT2D eigenvalue weighted by Crippen LogP contribution is 2.44. The van der Waals surface area contributed by atoms with E-state index in [4.69, 9.17) is 4.74 Å². The topological polar surface area (TPSA) is 78.8 Å². The van der Waals surface area contributed by atoms with Crippen molar-refractivity contribution in [3.8, 4) is 0 Å². The molecule has 2 aliphatic rings. The van der Waals surface area contributed by atoms with Gasteiger partial charge < -0.3 is 14.7 Å². The number of ether oxygens (including phenoxy) is 1. The third kappa shape index (κ3) is 2.44. The number of rotatable bonds is 5. The zero-order valence-corrected chi connectivity index (χ0v) is 13.0. The molecule has 0 spiro atoms. The van der Waals surface area contributed by atoms with Gasteiger partial charge in [-0.15, -0.1) is 0 Å². The molecule has 0 radical (unpaired) electrons. The highest BCUT2D eigenvalue weighted by molar-refractivity contribution is 5.78. The second kappa shape index (κ2) is 5.81. The minimum atomic E-state index is -0.711. The van der Waals surface area contributed by atoms with Crippen LogP contribution in [0.25, 0.3) is 0 Å². The molecule has 7 heteroatoms. The number of anilines is 1. The van der Waals surface area contributed by atoms with Crippen molar-refractivity contribution in [3.63, 3.8) is 0 Å². The zero-order valence-electron chi connectivity index (χ0n) is 13.0. The molecular formula is C15H22N4O3. The van der Waals surface area contributed by atoms with Gasteiger partial charge in [0.05, 0.1) is 12.3 Å². The van der Waals surface area contributed by atoms with E-state index in [1.165, 1.54) is 0 Å². The van der Waals surface area contributed by atoms with E-state index in [1.54, 1.807) is 19.5 Å². The molecule has 2 saturated heterocycles. The molecule has 1 aromatic rings. The molecule has 2 aliphatic heterocycles. The summed E-state index contributed by atoms with van der Waals surface area (Å²) in [6.07, 6.45) is 3.32.